The molecule has 1 N–H and O–H groups in total. The minimum atomic E-state index is 0.0513. The molecular weight excluding hydrogens is 316 g/mol. The number of H-pyrrole nitrogens is 1. The van der Waals surface area contributed by atoms with Gasteiger partial charge in [-0.3, -0.25) is 9.89 Å². The highest BCUT2D eigenvalue weighted by Crippen LogP contribution is 2.26. The summed E-state index contributed by atoms with van der Waals surface area (Å²) in [4.78, 5) is 15.0. The van der Waals surface area contributed by atoms with E-state index < -0.39 is 0 Å². The zero-order chi connectivity index (χ0) is 17.6. The molecule has 3 heterocycles. The standard InChI is InChI=1S/C18H20N6O/c1-11-5-4-6-14(13(11)3)18(25)23-10-15-16(9-12(23)2)24(22-20-15)17-7-8-19-21-17/h4-8,12H,9-10H2,1-3H3,(H,19,21)/t12-/m0/s1. The number of hydrogen-bond acceptors (Lipinski definition) is 4. The van der Waals surface area contributed by atoms with Crippen molar-refractivity contribution in [2.45, 2.75) is 39.8 Å². The number of fused-ring (bicyclic) bond motifs is 1. The Morgan fingerprint density at radius 2 is 2.12 bits per heavy atom. The average Bonchev–Trinajstić information content (AvgIpc) is 3.25. The predicted molar refractivity (Wildman–Crippen MR) is 92.5 cm³/mol. The molecule has 1 amide bonds. The minimum absolute atomic E-state index is 0.0513. The Labute approximate surface area is 145 Å². The van der Waals surface area contributed by atoms with Gasteiger partial charge in [-0.25, -0.2) is 0 Å². The van der Waals surface area contributed by atoms with Gasteiger partial charge < -0.3 is 4.90 Å². The maximum Gasteiger partial charge on any atom is 0.254 e. The van der Waals surface area contributed by atoms with E-state index in [2.05, 4.69) is 27.4 Å². The third kappa shape index (κ3) is 2.52. The normalized spacial score (nSPS) is 16.8. The van der Waals surface area contributed by atoms with Crippen molar-refractivity contribution < 1.29 is 4.79 Å². The van der Waals surface area contributed by atoms with E-state index in [1.54, 1.807) is 10.9 Å². The van der Waals surface area contributed by atoms with Gasteiger partial charge in [0.25, 0.3) is 5.91 Å². The molecule has 4 rings (SSSR count). The van der Waals surface area contributed by atoms with Gasteiger partial charge in [0.2, 0.25) is 0 Å². The predicted octanol–water partition coefficient (Wildman–Crippen LogP) is 2.19. The van der Waals surface area contributed by atoms with Gasteiger partial charge in [-0.05, 0) is 38.0 Å². The van der Waals surface area contributed by atoms with Crippen molar-refractivity contribution in [1.82, 2.24) is 30.1 Å². The highest BCUT2D eigenvalue weighted by Gasteiger charge is 2.32. The summed E-state index contributed by atoms with van der Waals surface area (Å²) in [6.45, 7) is 6.56. The smallest absolute Gasteiger partial charge is 0.254 e. The lowest BCUT2D eigenvalue weighted by molar-refractivity contribution is 0.0652. The zero-order valence-electron chi connectivity index (χ0n) is 14.5. The Balaban J connectivity index is 1.66. The number of hydrogen-bond donors (Lipinski definition) is 1. The quantitative estimate of drug-likeness (QED) is 0.778. The van der Waals surface area contributed by atoms with Crippen molar-refractivity contribution in [1.29, 1.82) is 0 Å². The molecule has 0 unspecified atom stereocenters. The summed E-state index contributed by atoms with van der Waals surface area (Å²) in [5.41, 5.74) is 4.79. The van der Waals surface area contributed by atoms with Crippen LogP contribution in [-0.2, 0) is 13.0 Å². The van der Waals surface area contributed by atoms with E-state index in [9.17, 15) is 4.79 Å². The summed E-state index contributed by atoms with van der Waals surface area (Å²) < 4.78 is 1.78. The van der Waals surface area contributed by atoms with E-state index >= 15 is 0 Å². The van der Waals surface area contributed by atoms with Gasteiger partial charge in [0.05, 0.1) is 18.4 Å². The van der Waals surface area contributed by atoms with Crippen LogP contribution in [0.15, 0.2) is 30.5 Å². The second kappa shape index (κ2) is 5.84. The molecule has 0 saturated heterocycles. The number of nitrogens with zero attached hydrogens (tertiary/aromatic N) is 5. The van der Waals surface area contributed by atoms with Crippen LogP contribution in [0, 0.1) is 13.8 Å². The Bertz CT molecular complexity index is 927. The van der Waals surface area contributed by atoms with Crippen LogP contribution in [-0.4, -0.2) is 42.0 Å². The molecule has 3 aromatic rings. The molecular formula is C18H20N6O. The molecule has 1 aliphatic heterocycles. The van der Waals surface area contributed by atoms with E-state index in [1.165, 1.54) is 0 Å². The van der Waals surface area contributed by atoms with Crippen molar-refractivity contribution >= 4 is 5.91 Å². The fourth-order valence-electron chi connectivity index (χ4n) is 3.34. The third-order valence-corrected chi connectivity index (χ3v) is 4.99. The number of aromatic nitrogens is 5. The van der Waals surface area contributed by atoms with Gasteiger partial charge >= 0.3 is 0 Å². The number of aromatic amines is 1. The second-order valence-corrected chi connectivity index (χ2v) is 6.57. The lowest BCUT2D eigenvalue weighted by Crippen LogP contribution is -2.43. The first-order chi connectivity index (χ1) is 12.1. The first-order valence-corrected chi connectivity index (χ1v) is 8.36. The van der Waals surface area contributed by atoms with Crippen molar-refractivity contribution in [2.24, 2.45) is 0 Å². The topological polar surface area (TPSA) is 79.7 Å². The molecule has 7 heteroatoms. The highest BCUT2D eigenvalue weighted by molar-refractivity contribution is 5.96. The Morgan fingerprint density at radius 1 is 1.28 bits per heavy atom. The van der Waals surface area contributed by atoms with Crippen LogP contribution < -0.4 is 0 Å². The lowest BCUT2D eigenvalue weighted by Gasteiger charge is -2.33. The van der Waals surface area contributed by atoms with E-state index in [4.69, 9.17) is 0 Å². The molecule has 7 nitrogen and oxygen atoms in total. The molecule has 128 valence electrons. The van der Waals surface area contributed by atoms with Crippen molar-refractivity contribution in [3.8, 4) is 5.82 Å². The summed E-state index contributed by atoms with van der Waals surface area (Å²) >= 11 is 0. The third-order valence-electron chi connectivity index (χ3n) is 4.99. The summed E-state index contributed by atoms with van der Waals surface area (Å²) in [6, 6.07) is 7.78. The lowest BCUT2D eigenvalue weighted by atomic mass is 9.98. The summed E-state index contributed by atoms with van der Waals surface area (Å²) in [7, 11) is 0. The molecule has 0 radical (unpaired) electrons. The molecule has 25 heavy (non-hydrogen) atoms. The molecule has 1 atom stereocenters. The van der Waals surface area contributed by atoms with Gasteiger partial charge in [-0.2, -0.15) is 9.78 Å². The number of nitrogens with one attached hydrogen (secondary N) is 1. The second-order valence-electron chi connectivity index (χ2n) is 6.57. The molecule has 0 bridgehead atoms. The van der Waals surface area contributed by atoms with Gasteiger partial charge in [-0.15, -0.1) is 5.10 Å². The van der Waals surface area contributed by atoms with Crippen molar-refractivity contribution in [3.63, 3.8) is 0 Å². The number of carbonyl (C=O) groups is 1. The molecule has 0 spiro atoms. The van der Waals surface area contributed by atoms with Crippen LogP contribution >= 0.6 is 0 Å². The van der Waals surface area contributed by atoms with Crippen LogP contribution in [0.5, 0.6) is 0 Å². The van der Waals surface area contributed by atoms with Crippen molar-refractivity contribution in [3.05, 3.63) is 58.5 Å². The van der Waals surface area contributed by atoms with E-state index in [1.807, 2.05) is 43.0 Å². The summed E-state index contributed by atoms with van der Waals surface area (Å²) in [5, 5.41) is 15.4. The van der Waals surface area contributed by atoms with E-state index in [0.717, 1.165) is 33.9 Å². The van der Waals surface area contributed by atoms with Crippen LogP contribution in [0.25, 0.3) is 5.82 Å². The maximum absolute atomic E-state index is 13.1. The van der Waals surface area contributed by atoms with Gasteiger partial charge in [0.15, 0.2) is 5.82 Å². The Morgan fingerprint density at radius 3 is 2.88 bits per heavy atom. The summed E-state index contributed by atoms with van der Waals surface area (Å²) in [5.74, 6) is 0.839. The van der Waals surface area contributed by atoms with Crippen molar-refractivity contribution in [2.75, 3.05) is 0 Å². The van der Waals surface area contributed by atoms with Crippen LogP contribution in [0.3, 0.4) is 0 Å². The highest BCUT2D eigenvalue weighted by atomic mass is 16.2. The summed E-state index contributed by atoms with van der Waals surface area (Å²) in [6.07, 6.45) is 2.39. The molecule has 0 aliphatic carbocycles. The van der Waals surface area contributed by atoms with Crippen LogP contribution in [0.2, 0.25) is 0 Å². The van der Waals surface area contributed by atoms with Crippen LogP contribution in [0.4, 0.5) is 0 Å². The Kier molecular flexibility index (Phi) is 3.63. The van der Waals surface area contributed by atoms with E-state index in [0.29, 0.717) is 13.0 Å². The van der Waals surface area contributed by atoms with Gasteiger partial charge in [0, 0.05) is 24.1 Å². The monoisotopic (exact) mass is 336 g/mol. The molecule has 0 saturated carbocycles. The fraction of sp³-hybridized carbons (Fsp3) is 0.333. The molecule has 1 aliphatic rings. The largest absolute Gasteiger partial charge is 0.329 e. The zero-order valence-corrected chi connectivity index (χ0v) is 14.5. The van der Waals surface area contributed by atoms with Crippen LogP contribution in [0.1, 0.15) is 39.8 Å². The maximum atomic E-state index is 13.1. The number of amides is 1. The fourth-order valence-corrected chi connectivity index (χ4v) is 3.34. The molecule has 1 aromatic carbocycles. The SMILES string of the molecule is Cc1cccc(C(=O)N2Cc3nnn(-c4ccn[nH]4)c3C[C@@H]2C)c1C. The molecule has 2 aromatic heterocycles. The Hall–Kier alpha value is -2.96. The van der Waals surface area contributed by atoms with E-state index in [-0.39, 0.29) is 11.9 Å². The number of carbonyl (C=O) groups excluding carboxylic acids is 1. The average molecular weight is 336 g/mol. The number of aryl methyl sites for hydroxylation is 1. The number of benzene rings is 1. The first kappa shape index (κ1) is 15.6. The molecule has 0 fully saturated rings. The minimum Gasteiger partial charge on any atom is -0.329 e. The first-order valence-electron chi connectivity index (χ1n) is 8.36. The van der Waals surface area contributed by atoms with Gasteiger partial charge in [-0.1, -0.05) is 17.3 Å². The van der Waals surface area contributed by atoms with Gasteiger partial charge in [0.1, 0.15) is 5.69 Å². The number of rotatable bonds is 2.